The summed E-state index contributed by atoms with van der Waals surface area (Å²) in [7, 11) is -0.668. The van der Waals surface area contributed by atoms with Crippen LogP contribution >= 0.6 is 0 Å². The van der Waals surface area contributed by atoms with E-state index < -0.39 is 16.1 Å². The second-order valence-electron chi connectivity index (χ2n) is 6.88. The number of nitrogens with zero attached hydrogens (tertiary/aromatic N) is 1. The number of hydrogen-bond acceptors (Lipinski definition) is 4. The first kappa shape index (κ1) is 22.9. The van der Waals surface area contributed by atoms with Crippen molar-refractivity contribution in [1.29, 1.82) is 0 Å². The van der Waals surface area contributed by atoms with Gasteiger partial charge in [-0.1, -0.05) is 50.1 Å². The number of sulfonamides is 1. The van der Waals surface area contributed by atoms with E-state index in [0.29, 0.717) is 12.3 Å². The Labute approximate surface area is 173 Å². The maximum atomic E-state index is 13.1. The Hall–Kier alpha value is -2.38. The summed E-state index contributed by atoms with van der Waals surface area (Å²) < 4.78 is 32.7. The Morgan fingerprint density at radius 2 is 1.72 bits per heavy atom. The zero-order chi connectivity index (χ0) is 21.3. The van der Waals surface area contributed by atoms with Gasteiger partial charge >= 0.3 is 0 Å². The monoisotopic (exact) mass is 418 g/mol. The Kier molecular flexibility index (Phi) is 8.67. The molecule has 7 heteroatoms. The van der Waals surface area contributed by atoms with Crippen LogP contribution in [0.4, 0.5) is 0 Å². The van der Waals surface area contributed by atoms with Crippen molar-refractivity contribution in [2.45, 2.75) is 43.5 Å². The number of amides is 1. The lowest BCUT2D eigenvalue weighted by molar-refractivity contribution is -0.121. The van der Waals surface area contributed by atoms with Gasteiger partial charge < -0.3 is 10.1 Å². The molecule has 1 amide bonds. The second kappa shape index (κ2) is 11.0. The van der Waals surface area contributed by atoms with E-state index in [4.69, 9.17) is 4.74 Å². The maximum absolute atomic E-state index is 13.1. The zero-order valence-corrected chi connectivity index (χ0v) is 18.1. The lowest BCUT2D eigenvalue weighted by Crippen LogP contribution is -2.35. The van der Waals surface area contributed by atoms with Gasteiger partial charge in [-0.25, -0.2) is 8.42 Å². The molecule has 2 rings (SSSR count). The van der Waals surface area contributed by atoms with Gasteiger partial charge in [-0.05, 0) is 36.2 Å². The minimum absolute atomic E-state index is 0.0427. The van der Waals surface area contributed by atoms with Crippen molar-refractivity contribution in [2.24, 2.45) is 0 Å². The van der Waals surface area contributed by atoms with Crippen molar-refractivity contribution in [1.82, 2.24) is 9.62 Å². The summed E-state index contributed by atoms with van der Waals surface area (Å²) in [6.45, 7) is 2.70. The average Bonchev–Trinajstić information content (AvgIpc) is 2.75. The van der Waals surface area contributed by atoms with Crippen molar-refractivity contribution < 1.29 is 17.9 Å². The molecular weight excluding hydrogens is 388 g/mol. The first-order chi connectivity index (χ1) is 13.9. The molecule has 0 aliphatic carbocycles. The summed E-state index contributed by atoms with van der Waals surface area (Å²) in [6.07, 6.45) is 3.07. The van der Waals surface area contributed by atoms with Gasteiger partial charge in [-0.2, -0.15) is 4.31 Å². The topological polar surface area (TPSA) is 75.7 Å². The van der Waals surface area contributed by atoms with E-state index in [1.54, 1.807) is 61.7 Å². The predicted molar refractivity (Wildman–Crippen MR) is 114 cm³/mol. The molecule has 1 N–H and O–H groups in total. The highest BCUT2D eigenvalue weighted by Gasteiger charge is 2.30. The van der Waals surface area contributed by atoms with E-state index in [2.05, 4.69) is 12.2 Å². The Morgan fingerprint density at radius 1 is 1.07 bits per heavy atom. The van der Waals surface area contributed by atoms with Gasteiger partial charge in [0.15, 0.2) is 0 Å². The van der Waals surface area contributed by atoms with Crippen LogP contribution in [-0.2, 0) is 14.8 Å². The first-order valence-electron chi connectivity index (χ1n) is 9.84. The van der Waals surface area contributed by atoms with Crippen LogP contribution in [0.1, 0.15) is 44.2 Å². The van der Waals surface area contributed by atoms with Crippen LogP contribution < -0.4 is 10.1 Å². The predicted octanol–water partition coefficient (Wildman–Crippen LogP) is 3.75. The normalized spacial score (nSPS) is 12.6. The summed E-state index contributed by atoms with van der Waals surface area (Å²) in [6, 6.07) is 14.8. The lowest BCUT2D eigenvalue weighted by Gasteiger charge is -2.28. The Morgan fingerprint density at radius 3 is 2.31 bits per heavy atom. The molecule has 0 aliphatic heterocycles. The standard InChI is InChI=1S/C22H30N2O4S/c1-4-5-9-16-23-22(25)17-21(18-12-14-19(28-3)15-13-18)24(2)29(26,27)20-10-7-6-8-11-20/h6-8,10-15,21H,4-5,9,16-17H2,1-3H3,(H,23,25)/t21-/m1/s1. The lowest BCUT2D eigenvalue weighted by atomic mass is 10.0. The fourth-order valence-corrected chi connectivity index (χ4v) is 4.42. The smallest absolute Gasteiger partial charge is 0.243 e. The number of methoxy groups -OCH3 is 1. The fraction of sp³-hybridized carbons (Fsp3) is 0.409. The van der Waals surface area contributed by atoms with Crippen molar-refractivity contribution in [2.75, 3.05) is 20.7 Å². The molecule has 0 unspecified atom stereocenters. The summed E-state index contributed by atoms with van der Waals surface area (Å²) in [5, 5.41) is 2.90. The highest BCUT2D eigenvalue weighted by atomic mass is 32.2. The number of rotatable bonds is 11. The van der Waals surface area contributed by atoms with Crippen molar-refractivity contribution in [3.8, 4) is 5.75 Å². The molecule has 2 aromatic carbocycles. The molecule has 0 saturated carbocycles. The fourth-order valence-electron chi connectivity index (χ4n) is 3.06. The van der Waals surface area contributed by atoms with Crippen LogP contribution in [0.25, 0.3) is 0 Å². The number of carbonyl (C=O) groups excluding carboxylic acids is 1. The van der Waals surface area contributed by atoms with Gasteiger partial charge in [0, 0.05) is 20.0 Å². The molecule has 29 heavy (non-hydrogen) atoms. The van der Waals surface area contributed by atoms with E-state index >= 15 is 0 Å². The third kappa shape index (κ3) is 6.30. The first-order valence-corrected chi connectivity index (χ1v) is 11.3. The number of unbranched alkanes of at least 4 members (excludes halogenated alkanes) is 2. The Bertz CT molecular complexity index is 867. The molecule has 0 aromatic heterocycles. The molecule has 0 heterocycles. The molecule has 0 saturated heterocycles. The van der Waals surface area contributed by atoms with Crippen LogP contribution in [0.3, 0.4) is 0 Å². The summed E-state index contributed by atoms with van der Waals surface area (Å²) in [5.41, 5.74) is 0.733. The zero-order valence-electron chi connectivity index (χ0n) is 17.3. The number of nitrogens with one attached hydrogen (secondary N) is 1. The van der Waals surface area contributed by atoms with Gasteiger partial charge in [0.1, 0.15) is 5.75 Å². The van der Waals surface area contributed by atoms with Crippen molar-refractivity contribution in [3.63, 3.8) is 0 Å². The van der Waals surface area contributed by atoms with Crippen LogP contribution in [0.15, 0.2) is 59.5 Å². The molecule has 0 radical (unpaired) electrons. The molecule has 0 bridgehead atoms. The van der Waals surface area contributed by atoms with Crippen LogP contribution in [-0.4, -0.2) is 39.3 Å². The largest absolute Gasteiger partial charge is 0.497 e. The highest BCUT2D eigenvalue weighted by molar-refractivity contribution is 7.89. The maximum Gasteiger partial charge on any atom is 0.243 e. The van der Waals surface area contributed by atoms with Crippen LogP contribution in [0.2, 0.25) is 0 Å². The average molecular weight is 419 g/mol. The number of hydrogen-bond donors (Lipinski definition) is 1. The van der Waals surface area contributed by atoms with E-state index in [9.17, 15) is 13.2 Å². The van der Waals surface area contributed by atoms with E-state index in [0.717, 1.165) is 24.8 Å². The number of benzene rings is 2. The molecule has 0 aliphatic rings. The van der Waals surface area contributed by atoms with Gasteiger partial charge in [0.05, 0.1) is 18.0 Å². The van der Waals surface area contributed by atoms with E-state index in [1.807, 2.05) is 0 Å². The molecule has 6 nitrogen and oxygen atoms in total. The molecule has 158 valence electrons. The van der Waals surface area contributed by atoms with Crippen molar-refractivity contribution >= 4 is 15.9 Å². The van der Waals surface area contributed by atoms with Gasteiger partial charge in [-0.15, -0.1) is 0 Å². The van der Waals surface area contributed by atoms with E-state index in [-0.39, 0.29) is 17.2 Å². The summed E-state index contributed by atoms with van der Waals surface area (Å²) in [4.78, 5) is 12.7. The van der Waals surface area contributed by atoms with Gasteiger partial charge in [-0.3, -0.25) is 4.79 Å². The number of carbonyl (C=O) groups is 1. The summed E-state index contributed by atoms with van der Waals surface area (Å²) in [5.74, 6) is 0.502. The third-order valence-electron chi connectivity index (χ3n) is 4.84. The molecule has 0 fully saturated rings. The van der Waals surface area contributed by atoms with E-state index in [1.165, 1.54) is 11.4 Å². The van der Waals surface area contributed by atoms with Crippen molar-refractivity contribution in [3.05, 3.63) is 60.2 Å². The molecule has 0 spiro atoms. The van der Waals surface area contributed by atoms with Crippen LogP contribution in [0.5, 0.6) is 5.75 Å². The third-order valence-corrected chi connectivity index (χ3v) is 6.72. The van der Waals surface area contributed by atoms with Crippen LogP contribution in [0, 0.1) is 0 Å². The van der Waals surface area contributed by atoms with Gasteiger partial charge in [0.2, 0.25) is 15.9 Å². The minimum Gasteiger partial charge on any atom is -0.497 e. The minimum atomic E-state index is -3.75. The molecular formula is C22H30N2O4S. The SMILES string of the molecule is CCCCCNC(=O)C[C@H](c1ccc(OC)cc1)N(C)S(=O)(=O)c1ccccc1. The molecule has 1 atom stereocenters. The highest BCUT2D eigenvalue weighted by Crippen LogP contribution is 2.30. The second-order valence-corrected chi connectivity index (χ2v) is 8.88. The quantitative estimate of drug-likeness (QED) is 0.564. The number of ether oxygens (including phenoxy) is 1. The summed E-state index contributed by atoms with van der Waals surface area (Å²) >= 11 is 0. The molecule has 2 aromatic rings. The Balaban J connectivity index is 2.27. The van der Waals surface area contributed by atoms with Gasteiger partial charge in [0.25, 0.3) is 0 Å².